The fraction of sp³-hybridized carbons (Fsp3) is 0.222. The summed E-state index contributed by atoms with van der Waals surface area (Å²) in [6.45, 7) is 0.560. The predicted molar refractivity (Wildman–Crippen MR) is 95.4 cm³/mol. The van der Waals surface area contributed by atoms with Crippen LogP contribution in [0.1, 0.15) is 18.4 Å². The first kappa shape index (κ1) is 17.9. The zero-order valence-corrected chi connectivity index (χ0v) is 14.4. The monoisotopic (exact) mass is 371 g/mol. The normalized spacial score (nSPS) is 17.0. The first-order valence-corrected chi connectivity index (χ1v) is 8.79. The molecule has 0 bridgehead atoms. The number of hydrogen-bond donors (Lipinski definition) is 0. The third-order valence-corrected chi connectivity index (χ3v) is 5.40. The van der Waals surface area contributed by atoms with Gasteiger partial charge in [0, 0.05) is 23.2 Å². The smallest absolute Gasteiger partial charge is 0.272 e. The molecule has 0 N–H and O–H groups in total. The van der Waals surface area contributed by atoms with Crippen molar-refractivity contribution in [3.63, 3.8) is 0 Å². The van der Waals surface area contributed by atoms with Gasteiger partial charge in [0.1, 0.15) is 5.82 Å². The second-order valence-corrected chi connectivity index (χ2v) is 7.01. The van der Waals surface area contributed by atoms with Crippen molar-refractivity contribution in [3.05, 3.63) is 64.0 Å². The van der Waals surface area contributed by atoms with Gasteiger partial charge in [-0.2, -0.15) is 5.26 Å². The van der Waals surface area contributed by atoms with Gasteiger partial charge < -0.3 is 4.90 Å². The summed E-state index contributed by atoms with van der Waals surface area (Å²) in [5.41, 5.74) is 0.890. The minimum Gasteiger partial charge on any atom is -0.311 e. The van der Waals surface area contributed by atoms with Gasteiger partial charge in [0.15, 0.2) is 0 Å². The lowest BCUT2D eigenvalue weighted by molar-refractivity contribution is -0.385. The van der Waals surface area contributed by atoms with E-state index in [-0.39, 0.29) is 16.5 Å². The molecule has 1 aliphatic heterocycles. The summed E-state index contributed by atoms with van der Waals surface area (Å²) in [5.74, 6) is -0.837. The highest BCUT2D eigenvalue weighted by Crippen LogP contribution is 2.34. The number of nitro groups is 1. The third-order valence-electron chi connectivity index (χ3n) is 4.09. The van der Waals surface area contributed by atoms with Gasteiger partial charge in [0.05, 0.1) is 27.9 Å². The van der Waals surface area contributed by atoms with Crippen molar-refractivity contribution in [2.24, 2.45) is 0 Å². The third kappa shape index (κ3) is 3.68. The number of carbonyl (C=O) groups excluding carboxylic acids is 1. The van der Waals surface area contributed by atoms with E-state index in [0.717, 1.165) is 24.2 Å². The van der Waals surface area contributed by atoms with E-state index < -0.39 is 16.0 Å². The van der Waals surface area contributed by atoms with Crippen LogP contribution in [-0.4, -0.2) is 22.6 Å². The average molecular weight is 371 g/mol. The van der Waals surface area contributed by atoms with E-state index >= 15 is 0 Å². The molecule has 1 heterocycles. The van der Waals surface area contributed by atoms with Crippen LogP contribution in [0.5, 0.6) is 0 Å². The lowest BCUT2D eigenvalue weighted by Crippen LogP contribution is -2.43. The number of thioether (sulfide) groups is 1. The largest absolute Gasteiger partial charge is 0.311 e. The van der Waals surface area contributed by atoms with E-state index in [0.29, 0.717) is 24.2 Å². The topological polar surface area (TPSA) is 87.2 Å². The van der Waals surface area contributed by atoms with Crippen molar-refractivity contribution < 1.29 is 14.1 Å². The molecule has 2 aromatic carbocycles. The Kier molecular flexibility index (Phi) is 5.19. The van der Waals surface area contributed by atoms with Crippen LogP contribution in [0, 0.1) is 27.3 Å². The van der Waals surface area contributed by atoms with Crippen LogP contribution in [-0.2, 0) is 4.79 Å². The van der Waals surface area contributed by atoms with E-state index in [4.69, 9.17) is 5.26 Å². The molecule has 132 valence electrons. The molecule has 6 nitrogen and oxygen atoms in total. The first-order valence-electron chi connectivity index (χ1n) is 7.92. The van der Waals surface area contributed by atoms with Crippen molar-refractivity contribution in [2.45, 2.75) is 23.0 Å². The molecule has 0 saturated carbocycles. The van der Waals surface area contributed by atoms with Crippen molar-refractivity contribution in [1.29, 1.82) is 5.26 Å². The molecule has 1 unspecified atom stereocenters. The molecule has 1 amide bonds. The summed E-state index contributed by atoms with van der Waals surface area (Å²) in [7, 11) is 0. The summed E-state index contributed by atoms with van der Waals surface area (Å²) >= 11 is 1.08. The highest BCUT2D eigenvalue weighted by molar-refractivity contribution is 8.00. The molecule has 1 atom stereocenters. The molecular weight excluding hydrogens is 357 g/mol. The Morgan fingerprint density at radius 2 is 2.00 bits per heavy atom. The number of rotatable bonds is 4. The van der Waals surface area contributed by atoms with Crippen LogP contribution in [0.4, 0.5) is 15.8 Å². The summed E-state index contributed by atoms with van der Waals surface area (Å²) in [6.07, 6.45) is 1.37. The maximum absolute atomic E-state index is 14.1. The molecule has 26 heavy (non-hydrogen) atoms. The number of nitro benzene ring substituents is 1. The van der Waals surface area contributed by atoms with Crippen molar-refractivity contribution in [3.8, 4) is 6.07 Å². The van der Waals surface area contributed by atoms with Crippen LogP contribution in [0.3, 0.4) is 0 Å². The Balaban J connectivity index is 1.77. The molecule has 3 rings (SSSR count). The number of amides is 1. The highest BCUT2D eigenvalue weighted by Gasteiger charge is 2.31. The second kappa shape index (κ2) is 7.54. The van der Waals surface area contributed by atoms with Gasteiger partial charge in [0.2, 0.25) is 5.91 Å². The molecular formula is C18H14FN3O3S. The maximum Gasteiger partial charge on any atom is 0.272 e. The number of nitriles is 1. The maximum atomic E-state index is 14.1. The van der Waals surface area contributed by atoms with E-state index in [2.05, 4.69) is 0 Å². The standard InChI is InChI=1S/C18H14FN3O3S/c19-15-10-14(22(24)25)7-8-16(15)26-17-2-1-9-21(18(17)23)13-5-3-12(11-20)4-6-13/h3-8,10,17H,1-2,9H2. The number of halogens is 1. The molecule has 1 fully saturated rings. The Morgan fingerprint density at radius 3 is 2.62 bits per heavy atom. The summed E-state index contributed by atoms with van der Waals surface area (Å²) < 4.78 is 14.1. The lowest BCUT2D eigenvalue weighted by atomic mass is 10.1. The number of piperidine rings is 1. The summed E-state index contributed by atoms with van der Waals surface area (Å²) in [4.78, 5) is 24.7. The van der Waals surface area contributed by atoms with Crippen LogP contribution in [0.25, 0.3) is 0 Å². The summed E-state index contributed by atoms with van der Waals surface area (Å²) in [5, 5.41) is 19.1. The molecule has 1 aliphatic rings. The van der Waals surface area contributed by atoms with Gasteiger partial charge in [-0.3, -0.25) is 14.9 Å². The molecule has 8 heteroatoms. The van der Waals surface area contributed by atoms with Crippen LogP contribution < -0.4 is 4.90 Å². The number of nitrogens with zero attached hydrogens (tertiary/aromatic N) is 3. The SMILES string of the molecule is N#Cc1ccc(N2CCCC(Sc3ccc([N+](=O)[O-])cc3F)C2=O)cc1. The predicted octanol–water partition coefficient (Wildman–Crippen LogP) is 3.89. The number of non-ortho nitro benzene ring substituents is 1. The Labute approximate surface area is 153 Å². The zero-order chi connectivity index (χ0) is 18.7. The van der Waals surface area contributed by atoms with E-state index in [1.165, 1.54) is 12.1 Å². The van der Waals surface area contributed by atoms with Crippen molar-refractivity contribution in [2.75, 3.05) is 11.4 Å². The van der Waals surface area contributed by atoms with Crippen molar-refractivity contribution >= 4 is 29.0 Å². The Bertz CT molecular complexity index is 896. The van der Waals surface area contributed by atoms with Gasteiger partial charge in [-0.25, -0.2) is 4.39 Å². The van der Waals surface area contributed by atoms with Gasteiger partial charge in [-0.15, -0.1) is 11.8 Å². The van der Waals surface area contributed by atoms with E-state index in [1.54, 1.807) is 29.2 Å². The van der Waals surface area contributed by atoms with Crippen LogP contribution in [0.2, 0.25) is 0 Å². The number of hydrogen-bond acceptors (Lipinski definition) is 5. The molecule has 2 aromatic rings. The molecule has 0 spiro atoms. The quantitative estimate of drug-likeness (QED) is 0.601. The van der Waals surface area contributed by atoms with E-state index in [9.17, 15) is 19.3 Å². The number of benzene rings is 2. The minimum absolute atomic E-state index is 0.135. The van der Waals surface area contributed by atoms with Gasteiger partial charge >= 0.3 is 0 Å². The molecule has 1 saturated heterocycles. The van der Waals surface area contributed by atoms with Crippen molar-refractivity contribution in [1.82, 2.24) is 0 Å². The van der Waals surface area contributed by atoms with Gasteiger partial charge in [-0.1, -0.05) is 0 Å². The first-order chi connectivity index (χ1) is 12.5. The fourth-order valence-electron chi connectivity index (χ4n) is 2.78. The zero-order valence-electron chi connectivity index (χ0n) is 13.6. The van der Waals surface area contributed by atoms with Crippen LogP contribution >= 0.6 is 11.8 Å². The Hall–Kier alpha value is -2.92. The van der Waals surface area contributed by atoms with E-state index in [1.807, 2.05) is 6.07 Å². The van der Waals surface area contributed by atoms with Gasteiger partial charge in [0.25, 0.3) is 5.69 Å². The number of anilines is 1. The second-order valence-electron chi connectivity index (χ2n) is 5.77. The highest BCUT2D eigenvalue weighted by atomic mass is 32.2. The summed E-state index contributed by atoms with van der Waals surface area (Å²) in [6, 6.07) is 12.2. The average Bonchev–Trinajstić information content (AvgIpc) is 2.65. The lowest BCUT2D eigenvalue weighted by Gasteiger charge is -2.32. The minimum atomic E-state index is -0.701. The molecule has 0 aromatic heterocycles. The van der Waals surface area contributed by atoms with Gasteiger partial charge in [-0.05, 0) is 43.2 Å². The molecule has 0 radical (unpaired) electrons. The Morgan fingerprint density at radius 1 is 1.27 bits per heavy atom. The molecule has 0 aliphatic carbocycles. The van der Waals surface area contributed by atoms with Crippen LogP contribution in [0.15, 0.2) is 47.4 Å². The number of carbonyl (C=O) groups is 1. The fourth-order valence-corrected chi connectivity index (χ4v) is 3.91.